The second kappa shape index (κ2) is 10.0. The number of unbranched alkanes of at least 4 members (excludes halogenated alkanes) is 1. The quantitative estimate of drug-likeness (QED) is 0.517. The number of anilines is 2. The van der Waals surface area contributed by atoms with Crippen LogP contribution >= 0.6 is 0 Å². The highest BCUT2D eigenvalue weighted by atomic mass is 16.4. The summed E-state index contributed by atoms with van der Waals surface area (Å²) >= 11 is 0. The molecule has 3 aromatic rings. The molecule has 4 rings (SSSR count). The van der Waals surface area contributed by atoms with Crippen molar-refractivity contribution >= 4 is 17.6 Å². The summed E-state index contributed by atoms with van der Waals surface area (Å²) in [6.07, 6.45) is 4.92. The van der Waals surface area contributed by atoms with Gasteiger partial charge < -0.3 is 20.0 Å². The fraction of sp³-hybridized carbons (Fsp3) is 0.348. The Hall–Kier alpha value is -3.19. The van der Waals surface area contributed by atoms with E-state index >= 15 is 0 Å². The molecule has 2 N–H and O–H groups in total. The topological polar surface area (TPSA) is 83.3 Å². The zero-order valence-electron chi connectivity index (χ0n) is 17.0. The number of carbonyl (C=O) groups excluding carboxylic acids is 1. The maximum Gasteiger partial charge on any atom is 0.315 e. The largest absolute Gasteiger partial charge is 0.403 e. The van der Waals surface area contributed by atoms with Crippen LogP contribution in [0.2, 0.25) is 0 Å². The van der Waals surface area contributed by atoms with Crippen molar-refractivity contribution in [2.45, 2.75) is 25.7 Å². The molecule has 0 spiro atoms. The van der Waals surface area contributed by atoms with Gasteiger partial charge in [0.25, 0.3) is 5.91 Å². The summed E-state index contributed by atoms with van der Waals surface area (Å²) in [6.45, 7) is 4.48. The molecule has 156 valence electrons. The van der Waals surface area contributed by atoms with Gasteiger partial charge in [-0.1, -0.05) is 23.3 Å². The number of carbonyl (C=O) groups is 1. The highest BCUT2D eigenvalue weighted by Gasteiger charge is 2.11. The molecule has 0 unspecified atom stereocenters. The number of hydrogen-bond acceptors (Lipinski definition) is 6. The molecule has 1 aliphatic heterocycles. The van der Waals surface area contributed by atoms with Crippen molar-refractivity contribution in [3.05, 3.63) is 60.2 Å². The second-order valence-electron chi connectivity index (χ2n) is 7.49. The zero-order valence-corrected chi connectivity index (χ0v) is 17.0. The Balaban J connectivity index is 1.24. The monoisotopic (exact) mass is 405 g/mol. The van der Waals surface area contributed by atoms with E-state index in [4.69, 9.17) is 4.42 Å². The van der Waals surface area contributed by atoms with Crippen LogP contribution in [-0.2, 0) is 0 Å². The van der Waals surface area contributed by atoms with E-state index in [0.717, 1.165) is 18.5 Å². The first-order chi connectivity index (χ1) is 14.8. The summed E-state index contributed by atoms with van der Waals surface area (Å²) in [6, 6.07) is 16.9. The predicted octanol–water partition coefficient (Wildman–Crippen LogP) is 4.28. The van der Waals surface area contributed by atoms with E-state index in [1.54, 1.807) is 12.1 Å². The summed E-state index contributed by atoms with van der Waals surface area (Å²) in [4.78, 5) is 14.8. The smallest absolute Gasteiger partial charge is 0.315 e. The first kappa shape index (κ1) is 20.1. The van der Waals surface area contributed by atoms with Crippen molar-refractivity contribution in [2.24, 2.45) is 0 Å². The van der Waals surface area contributed by atoms with E-state index in [9.17, 15) is 4.79 Å². The molecular formula is C23H27N5O2. The molecule has 0 aliphatic carbocycles. The molecule has 0 atom stereocenters. The highest BCUT2D eigenvalue weighted by molar-refractivity contribution is 6.04. The van der Waals surface area contributed by atoms with Crippen LogP contribution < -0.4 is 10.6 Å². The molecule has 2 heterocycles. The number of aromatic nitrogens is 2. The lowest BCUT2D eigenvalue weighted by molar-refractivity contribution is 0.102. The van der Waals surface area contributed by atoms with Gasteiger partial charge in [0.05, 0.1) is 0 Å². The van der Waals surface area contributed by atoms with Gasteiger partial charge in [-0.05, 0) is 81.7 Å². The lowest BCUT2D eigenvalue weighted by Gasteiger charge is -2.13. The van der Waals surface area contributed by atoms with Gasteiger partial charge in [-0.25, -0.2) is 0 Å². The molecule has 30 heavy (non-hydrogen) atoms. The second-order valence-corrected chi connectivity index (χ2v) is 7.49. The van der Waals surface area contributed by atoms with Gasteiger partial charge in [0.2, 0.25) is 5.89 Å². The van der Waals surface area contributed by atoms with Gasteiger partial charge in [-0.15, -0.1) is 5.10 Å². The third kappa shape index (κ3) is 5.45. The van der Waals surface area contributed by atoms with Crippen LogP contribution in [-0.4, -0.2) is 47.2 Å². The van der Waals surface area contributed by atoms with Crippen molar-refractivity contribution in [3.63, 3.8) is 0 Å². The Bertz CT molecular complexity index is 934. The summed E-state index contributed by atoms with van der Waals surface area (Å²) in [7, 11) is 0. The Kier molecular flexibility index (Phi) is 6.72. The normalized spacial score (nSPS) is 14.0. The minimum atomic E-state index is -0.141. The van der Waals surface area contributed by atoms with E-state index in [0.29, 0.717) is 23.2 Å². The molecule has 2 aromatic carbocycles. The lowest BCUT2D eigenvalue weighted by atomic mass is 10.2. The van der Waals surface area contributed by atoms with Gasteiger partial charge in [-0.2, -0.15) is 0 Å². The first-order valence-electron chi connectivity index (χ1n) is 10.5. The predicted molar refractivity (Wildman–Crippen MR) is 118 cm³/mol. The lowest BCUT2D eigenvalue weighted by Crippen LogP contribution is -2.20. The number of amides is 1. The standard InChI is InChI=1S/C23H27N5O2/c29-21(18-8-2-1-3-9-18)25-20-12-10-19(11-13-20)22-26-27-23(30-22)24-14-4-5-15-28-16-6-7-17-28/h1-3,8-13H,4-7,14-17H2,(H,24,27)(H,25,29). The number of likely N-dealkylation sites (tertiary alicyclic amines) is 1. The van der Waals surface area contributed by atoms with Crippen molar-refractivity contribution in [1.82, 2.24) is 15.1 Å². The molecule has 7 nitrogen and oxygen atoms in total. The maximum absolute atomic E-state index is 12.2. The Morgan fingerprint density at radius 1 is 0.967 bits per heavy atom. The molecular weight excluding hydrogens is 378 g/mol. The van der Waals surface area contributed by atoms with Crippen LogP contribution in [0.3, 0.4) is 0 Å². The average Bonchev–Trinajstić information content (AvgIpc) is 3.47. The third-order valence-electron chi connectivity index (χ3n) is 5.23. The van der Waals surface area contributed by atoms with Crippen molar-refractivity contribution in [1.29, 1.82) is 0 Å². The number of hydrogen-bond donors (Lipinski definition) is 2. The van der Waals surface area contributed by atoms with Crippen molar-refractivity contribution in [2.75, 3.05) is 36.8 Å². The molecule has 7 heteroatoms. The molecule has 1 saturated heterocycles. The van der Waals surface area contributed by atoms with Crippen LogP contribution in [0.25, 0.3) is 11.5 Å². The van der Waals surface area contributed by atoms with Gasteiger partial charge in [0, 0.05) is 23.4 Å². The van der Waals surface area contributed by atoms with Crippen LogP contribution in [0.4, 0.5) is 11.7 Å². The number of rotatable bonds is 9. The van der Waals surface area contributed by atoms with Crippen LogP contribution in [0.15, 0.2) is 59.0 Å². The Morgan fingerprint density at radius 3 is 2.50 bits per heavy atom. The molecule has 1 amide bonds. The molecule has 1 aromatic heterocycles. The number of benzene rings is 2. The summed E-state index contributed by atoms with van der Waals surface area (Å²) in [5.74, 6) is 0.313. The SMILES string of the molecule is O=C(Nc1ccc(-c2nnc(NCCCCN3CCCC3)o2)cc1)c1ccccc1. The number of nitrogens with one attached hydrogen (secondary N) is 2. The summed E-state index contributed by atoms with van der Waals surface area (Å²) in [5.41, 5.74) is 2.14. The van der Waals surface area contributed by atoms with Gasteiger partial charge >= 0.3 is 6.01 Å². The van der Waals surface area contributed by atoms with E-state index in [1.807, 2.05) is 42.5 Å². The molecule has 1 aliphatic rings. The minimum Gasteiger partial charge on any atom is -0.403 e. The summed E-state index contributed by atoms with van der Waals surface area (Å²) in [5, 5.41) is 14.3. The fourth-order valence-corrected chi connectivity index (χ4v) is 3.56. The van der Waals surface area contributed by atoms with E-state index in [1.165, 1.54) is 38.9 Å². The van der Waals surface area contributed by atoms with E-state index < -0.39 is 0 Å². The zero-order chi connectivity index (χ0) is 20.6. The molecule has 1 fully saturated rings. The van der Waals surface area contributed by atoms with Crippen LogP contribution in [0.5, 0.6) is 0 Å². The highest BCUT2D eigenvalue weighted by Crippen LogP contribution is 2.22. The van der Waals surface area contributed by atoms with Gasteiger partial charge in [-0.3, -0.25) is 4.79 Å². The average molecular weight is 406 g/mol. The fourth-order valence-electron chi connectivity index (χ4n) is 3.56. The Morgan fingerprint density at radius 2 is 1.73 bits per heavy atom. The van der Waals surface area contributed by atoms with Crippen LogP contribution in [0, 0.1) is 0 Å². The molecule has 0 bridgehead atoms. The third-order valence-corrected chi connectivity index (χ3v) is 5.23. The van der Waals surface area contributed by atoms with Gasteiger partial charge in [0.1, 0.15) is 0 Å². The van der Waals surface area contributed by atoms with E-state index in [2.05, 4.69) is 25.7 Å². The minimum absolute atomic E-state index is 0.141. The Labute approximate surface area is 176 Å². The first-order valence-corrected chi connectivity index (χ1v) is 10.5. The molecule has 0 saturated carbocycles. The van der Waals surface area contributed by atoms with Crippen molar-refractivity contribution in [3.8, 4) is 11.5 Å². The van der Waals surface area contributed by atoms with Crippen LogP contribution in [0.1, 0.15) is 36.0 Å². The van der Waals surface area contributed by atoms with Crippen molar-refractivity contribution < 1.29 is 9.21 Å². The summed E-state index contributed by atoms with van der Waals surface area (Å²) < 4.78 is 5.71. The van der Waals surface area contributed by atoms with E-state index in [-0.39, 0.29) is 5.91 Å². The maximum atomic E-state index is 12.2. The number of nitrogens with zero attached hydrogens (tertiary/aromatic N) is 3. The van der Waals surface area contributed by atoms with Gasteiger partial charge in [0.15, 0.2) is 0 Å². The molecule has 0 radical (unpaired) electrons.